The minimum absolute atomic E-state index is 0.000162. The second kappa shape index (κ2) is 4.30. The third-order valence-electron chi connectivity index (χ3n) is 2.47. The van der Waals surface area contributed by atoms with Crippen molar-refractivity contribution in [3.63, 3.8) is 0 Å². The van der Waals surface area contributed by atoms with Gasteiger partial charge in [0.15, 0.2) is 0 Å². The minimum Gasteiger partial charge on any atom is -0.351 e. The summed E-state index contributed by atoms with van der Waals surface area (Å²) in [5, 5.41) is 0. The zero-order valence-corrected chi connectivity index (χ0v) is 9.39. The number of halogens is 3. The lowest BCUT2D eigenvalue weighted by Gasteiger charge is -2.08. The Morgan fingerprint density at radius 1 is 1.21 bits per heavy atom. The first-order valence-electron chi connectivity index (χ1n) is 5.08. The number of carbonyl (C=O) groups is 1. The molecule has 0 saturated heterocycles. The second-order valence-corrected chi connectivity index (χ2v) is 3.71. The lowest BCUT2D eigenvalue weighted by atomic mass is 10.2. The fraction of sp³-hybridized carbons (Fsp3) is 0.0909. The number of rotatable bonds is 1. The molecule has 19 heavy (non-hydrogen) atoms. The zero-order chi connectivity index (χ0) is 14.2. The van der Waals surface area contributed by atoms with Gasteiger partial charge >= 0.3 is 17.9 Å². The number of nitrogens with zero attached hydrogens (tertiary/aromatic N) is 2. The summed E-state index contributed by atoms with van der Waals surface area (Å²) in [5.41, 5.74) is 3.22. The molecule has 0 unspecified atom stereocenters. The van der Waals surface area contributed by atoms with Gasteiger partial charge in [0.1, 0.15) is 0 Å². The highest BCUT2D eigenvalue weighted by molar-refractivity contribution is 5.74. The largest absolute Gasteiger partial charge is 0.416 e. The van der Waals surface area contributed by atoms with E-state index in [0.29, 0.717) is 4.57 Å². The Balaban J connectivity index is 2.55. The van der Waals surface area contributed by atoms with Gasteiger partial charge in [-0.1, -0.05) is 6.07 Å². The lowest BCUT2D eigenvalue weighted by Crippen LogP contribution is -2.32. The Hall–Kier alpha value is -2.51. The fourth-order valence-electron chi connectivity index (χ4n) is 1.57. The number of carbonyl (C=O) groups excluding carboxylic acids is 1. The van der Waals surface area contributed by atoms with E-state index in [1.54, 1.807) is 0 Å². The Morgan fingerprint density at radius 3 is 2.42 bits per heavy atom. The van der Waals surface area contributed by atoms with E-state index in [9.17, 15) is 22.8 Å². The quantitative estimate of drug-likeness (QED) is 0.855. The second-order valence-electron chi connectivity index (χ2n) is 3.71. The van der Waals surface area contributed by atoms with Crippen molar-refractivity contribution in [3.8, 4) is 5.69 Å². The molecule has 1 aromatic carbocycles. The summed E-state index contributed by atoms with van der Waals surface area (Å²) in [6, 6.07) is 3.19. The molecule has 0 aliphatic carbocycles. The number of amides is 1. The van der Waals surface area contributed by atoms with Gasteiger partial charge in [-0.2, -0.15) is 13.2 Å². The van der Waals surface area contributed by atoms with Crippen LogP contribution < -0.4 is 11.4 Å². The molecule has 0 atom stereocenters. The van der Waals surface area contributed by atoms with Gasteiger partial charge in [0, 0.05) is 12.4 Å². The van der Waals surface area contributed by atoms with E-state index in [4.69, 9.17) is 5.73 Å². The standard InChI is InChI=1S/C11H8F3N3O2/c12-11(13,14)7-2-1-3-8(6-7)16-4-5-17(9(15)18)10(16)19/h1-6H,(H2,15,18). The first-order valence-corrected chi connectivity index (χ1v) is 5.08. The maximum atomic E-state index is 12.6. The molecule has 0 aliphatic heterocycles. The number of alkyl halides is 3. The average Bonchev–Trinajstić information content (AvgIpc) is 2.70. The van der Waals surface area contributed by atoms with Crippen molar-refractivity contribution in [2.45, 2.75) is 6.18 Å². The normalized spacial score (nSPS) is 11.5. The summed E-state index contributed by atoms with van der Waals surface area (Å²) in [7, 11) is 0. The molecule has 0 spiro atoms. The van der Waals surface area contributed by atoms with Crippen LogP contribution in [0.3, 0.4) is 0 Å². The van der Waals surface area contributed by atoms with Crippen LogP contribution in [-0.2, 0) is 6.18 Å². The van der Waals surface area contributed by atoms with Crippen molar-refractivity contribution in [2.75, 3.05) is 0 Å². The Labute approximate surface area is 104 Å². The van der Waals surface area contributed by atoms with E-state index in [2.05, 4.69) is 0 Å². The van der Waals surface area contributed by atoms with E-state index in [1.807, 2.05) is 0 Å². The summed E-state index contributed by atoms with van der Waals surface area (Å²) >= 11 is 0. The van der Waals surface area contributed by atoms with Crippen molar-refractivity contribution in [2.24, 2.45) is 5.73 Å². The van der Waals surface area contributed by atoms with Crippen LogP contribution in [0, 0.1) is 0 Å². The molecule has 5 nitrogen and oxygen atoms in total. The summed E-state index contributed by atoms with van der Waals surface area (Å²) < 4.78 is 39.2. The van der Waals surface area contributed by atoms with Crippen LogP contribution in [0.1, 0.15) is 5.56 Å². The molecule has 0 saturated carbocycles. The van der Waals surface area contributed by atoms with Crippen LogP contribution in [0.5, 0.6) is 0 Å². The van der Waals surface area contributed by atoms with Gasteiger partial charge in [-0.3, -0.25) is 4.57 Å². The van der Waals surface area contributed by atoms with E-state index in [0.717, 1.165) is 22.9 Å². The predicted octanol–water partition coefficient (Wildman–Crippen LogP) is 1.58. The Kier molecular flexibility index (Phi) is 2.93. The molecule has 8 heteroatoms. The van der Waals surface area contributed by atoms with Crippen LogP contribution in [0.15, 0.2) is 41.5 Å². The summed E-state index contributed by atoms with van der Waals surface area (Å²) in [6.07, 6.45) is -2.25. The van der Waals surface area contributed by atoms with Crippen LogP contribution in [0.25, 0.3) is 5.69 Å². The van der Waals surface area contributed by atoms with Gasteiger partial charge in [-0.25, -0.2) is 14.2 Å². The van der Waals surface area contributed by atoms with Crippen molar-refractivity contribution in [1.29, 1.82) is 0 Å². The van der Waals surface area contributed by atoms with Crippen LogP contribution in [-0.4, -0.2) is 15.2 Å². The monoisotopic (exact) mass is 271 g/mol. The van der Waals surface area contributed by atoms with Crippen molar-refractivity contribution < 1.29 is 18.0 Å². The maximum Gasteiger partial charge on any atom is 0.416 e. The number of aromatic nitrogens is 2. The third-order valence-corrected chi connectivity index (χ3v) is 2.47. The van der Waals surface area contributed by atoms with E-state index >= 15 is 0 Å². The molecule has 0 fully saturated rings. The Morgan fingerprint density at radius 2 is 1.89 bits per heavy atom. The molecule has 2 N–H and O–H groups in total. The summed E-state index contributed by atoms with van der Waals surface area (Å²) in [4.78, 5) is 22.6. The van der Waals surface area contributed by atoms with E-state index < -0.39 is 23.5 Å². The molecule has 0 bridgehead atoms. The maximum absolute atomic E-state index is 12.6. The smallest absolute Gasteiger partial charge is 0.351 e. The van der Waals surface area contributed by atoms with Crippen molar-refractivity contribution >= 4 is 6.03 Å². The number of hydrogen-bond donors (Lipinski definition) is 1. The van der Waals surface area contributed by atoms with Gasteiger partial charge < -0.3 is 5.73 Å². The molecule has 100 valence electrons. The highest BCUT2D eigenvalue weighted by Gasteiger charge is 2.30. The average molecular weight is 271 g/mol. The first-order chi connectivity index (χ1) is 8.80. The number of benzene rings is 1. The molecule has 1 amide bonds. The third kappa shape index (κ3) is 2.37. The fourth-order valence-corrected chi connectivity index (χ4v) is 1.57. The molecule has 2 aromatic rings. The predicted molar refractivity (Wildman–Crippen MR) is 60.0 cm³/mol. The number of primary amides is 1. The van der Waals surface area contributed by atoms with Crippen LogP contribution in [0.2, 0.25) is 0 Å². The van der Waals surface area contributed by atoms with Crippen molar-refractivity contribution in [3.05, 3.63) is 52.7 Å². The number of hydrogen-bond acceptors (Lipinski definition) is 2. The molecule has 2 rings (SSSR count). The number of imidazole rings is 1. The van der Waals surface area contributed by atoms with Gasteiger partial charge in [-0.05, 0) is 18.2 Å². The molecular formula is C11H8F3N3O2. The van der Waals surface area contributed by atoms with Crippen LogP contribution >= 0.6 is 0 Å². The van der Waals surface area contributed by atoms with Gasteiger partial charge in [0.2, 0.25) is 0 Å². The molecule has 0 aliphatic rings. The first kappa shape index (κ1) is 12.9. The highest BCUT2D eigenvalue weighted by atomic mass is 19.4. The van der Waals surface area contributed by atoms with E-state index in [1.165, 1.54) is 18.3 Å². The van der Waals surface area contributed by atoms with Crippen LogP contribution in [0.4, 0.5) is 18.0 Å². The summed E-state index contributed by atoms with van der Waals surface area (Å²) in [5.74, 6) is 0. The zero-order valence-electron chi connectivity index (χ0n) is 9.39. The Bertz CT molecular complexity index is 685. The van der Waals surface area contributed by atoms with Gasteiger partial charge in [-0.15, -0.1) is 0 Å². The molecule has 1 heterocycles. The molecule has 1 aromatic heterocycles. The van der Waals surface area contributed by atoms with Crippen molar-refractivity contribution in [1.82, 2.24) is 9.13 Å². The van der Waals surface area contributed by atoms with Gasteiger partial charge in [0.05, 0.1) is 11.3 Å². The lowest BCUT2D eigenvalue weighted by molar-refractivity contribution is -0.137. The van der Waals surface area contributed by atoms with Gasteiger partial charge in [0.25, 0.3) is 0 Å². The molecular weight excluding hydrogens is 263 g/mol. The highest BCUT2D eigenvalue weighted by Crippen LogP contribution is 2.30. The molecule has 0 radical (unpaired) electrons. The summed E-state index contributed by atoms with van der Waals surface area (Å²) in [6.45, 7) is 0. The topological polar surface area (TPSA) is 70.0 Å². The SMILES string of the molecule is NC(=O)n1ccn(-c2cccc(C(F)(F)F)c2)c1=O. The minimum atomic E-state index is -4.51. The number of nitrogens with two attached hydrogens (primary N) is 1. The van der Waals surface area contributed by atoms with E-state index in [-0.39, 0.29) is 5.69 Å².